The van der Waals surface area contributed by atoms with Crippen molar-refractivity contribution in [2.75, 3.05) is 12.5 Å². The van der Waals surface area contributed by atoms with E-state index >= 15 is 0 Å². The molecular formula is C13H13BrN4O3. The number of hydrazone groups is 1. The summed E-state index contributed by atoms with van der Waals surface area (Å²) in [5.74, 6) is 0.516. The van der Waals surface area contributed by atoms with Gasteiger partial charge in [0.05, 0.1) is 13.3 Å². The van der Waals surface area contributed by atoms with E-state index in [1.54, 1.807) is 19.1 Å². The average molecular weight is 353 g/mol. The Morgan fingerprint density at radius 3 is 2.90 bits per heavy atom. The number of hydrogen-bond acceptors (Lipinski definition) is 6. The third-order valence-electron chi connectivity index (χ3n) is 2.53. The van der Waals surface area contributed by atoms with Crippen molar-refractivity contribution in [3.8, 4) is 11.5 Å². The predicted molar refractivity (Wildman–Crippen MR) is 83.2 cm³/mol. The predicted octanol–water partition coefficient (Wildman–Crippen LogP) is 2.00. The standard InChI is InChI=1S/C13H13BrN4O3/c1-7-3-11(19)17-13(16-7)18-15-6-8-4-9(14)5-10(21-2)12(8)20/h3-6,20H,1-2H3,(H2,16,17,18,19). The monoisotopic (exact) mass is 352 g/mol. The molecule has 0 atom stereocenters. The number of aryl methyl sites for hydroxylation is 1. The van der Waals surface area contributed by atoms with Crippen molar-refractivity contribution >= 4 is 28.1 Å². The maximum absolute atomic E-state index is 11.3. The third-order valence-corrected chi connectivity index (χ3v) is 2.99. The molecule has 2 rings (SSSR count). The van der Waals surface area contributed by atoms with Crippen LogP contribution in [0.4, 0.5) is 5.95 Å². The number of anilines is 1. The fourth-order valence-corrected chi connectivity index (χ4v) is 2.10. The molecule has 0 aliphatic heterocycles. The van der Waals surface area contributed by atoms with Crippen LogP contribution in [0.3, 0.4) is 0 Å². The summed E-state index contributed by atoms with van der Waals surface area (Å²) in [5.41, 5.74) is 3.34. The number of nitrogens with one attached hydrogen (secondary N) is 2. The van der Waals surface area contributed by atoms with Gasteiger partial charge in [-0.25, -0.2) is 10.4 Å². The second-order valence-corrected chi connectivity index (χ2v) is 5.07. The zero-order valence-electron chi connectivity index (χ0n) is 11.3. The van der Waals surface area contributed by atoms with E-state index in [0.29, 0.717) is 17.0 Å². The molecule has 0 fully saturated rings. The third kappa shape index (κ3) is 3.82. The summed E-state index contributed by atoms with van der Waals surface area (Å²) in [6.45, 7) is 1.70. The quantitative estimate of drug-likeness (QED) is 0.577. The summed E-state index contributed by atoms with van der Waals surface area (Å²) in [7, 11) is 1.46. The van der Waals surface area contributed by atoms with Crippen LogP contribution in [0.1, 0.15) is 11.3 Å². The molecule has 0 bridgehead atoms. The average Bonchev–Trinajstić information content (AvgIpc) is 2.41. The lowest BCUT2D eigenvalue weighted by Gasteiger charge is -2.06. The fraction of sp³-hybridized carbons (Fsp3) is 0.154. The highest BCUT2D eigenvalue weighted by Crippen LogP contribution is 2.32. The van der Waals surface area contributed by atoms with Crippen molar-refractivity contribution in [1.82, 2.24) is 9.97 Å². The number of nitrogens with zero attached hydrogens (tertiary/aromatic N) is 2. The van der Waals surface area contributed by atoms with Gasteiger partial charge >= 0.3 is 0 Å². The number of aromatic amines is 1. The second-order valence-electron chi connectivity index (χ2n) is 4.15. The van der Waals surface area contributed by atoms with Crippen molar-refractivity contribution in [2.24, 2.45) is 5.10 Å². The highest BCUT2D eigenvalue weighted by Gasteiger charge is 2.08. The van der Waals surface area contributed by atoms with Gasteiger partial charge in [-0.3, -0.25) is 9.78 Å². The maximum Gasteiger partial charge on any atom is 0.252 e. The lowest BCUT2D eigenvalue weighted by Crippen LogP contribution is -2.10. The van der Waals surface area contributed by atoms with Crippen molar-refractivity contribution in [1.29, 1.82) is 0 Å². The molecule has 21 heavy (non-hydrogen) atoms. The van der Waals surface area contributed by atoms with Crippen LogP contribution in [0, 0.1) is 6.92 Å². The maximum atomic E-state index is 11.3. The smallest absolute Gasteiger partial charge is 0.252 e. The van der Waals surface area contributed by atoms with Crippen LogP contribution in [0.25, 0.3) is 0 Å². The van der Waals surface area contributed by atoms with Gasteiger partial charge in [0.1, 0.15) is 0 Å². The summed E-state index contributed by atoms with van der Waals surface area (Å²) in [4.78, 5) is 17.8. The molecule has 3 N–H and O–H groups in total. The number of ether oxygens (including phenoxy) is 1. The Morgan fingerprint density at radius 2 is 2.24 bits per heavy atom. The molecule has 8 heteroatoms. The zero-order chi connectivity index (χ0) is 15.4. The minimum Gasteiger partial charge on any atom is -0.504 e. The van der Waals surface area contributed by atoms with E-state index in [0.717, 1.165) is 4.47 Å². The molecular weight excluding hydrogens is 340 g/mol. The lowest BCUT2D eigenvalue weighted by atomic mass is 10.2. The van der Waals surface area contributed by atoms with E-state index in [9.17, 15) is 9.90 Å². The second kappa shape index (κ2) is 6.40. The largest absolute Gasteiger partial charge is 0.504 e. The first-order chi connectivity index (χ1) is 9.99. The first kappa shape index (κ1) is 15.0. The van der Waals surface area contributed by atoms with Crippen LogP contribution < -0.4 is 15.7 Å². The van der Waals surface area contributed by atoms with E-state index in [1.807, 2.05) is 0 Å². The number of aromatic nitrogens is 2. The molecule has 0 aliphatic rings. The molecule has 1 aromatic carbocycles. The molecule has 0 radical (unpaired) electrons. The number of benzene rings is 1. The number of halogens is 1. The van der Waals surface area contributed by atoms with Gasteiger partial charge in [-0.05, 0) is 19.1 Å². The van der Waals surface area contributed by atoms with Gasteiger partial charge in [-0.1, -0.05) is 15.9 Å². The first-order valence-corrected chi connectivity index (χ1v) is 6.72. The number of H-pyrrole nitrogens is 1. The summed E-state index contributed by atoms with van der Waals surface area (Å²) in [6, 6.07) is 4.69. The minimum absolute atomic E-state index is 0.0306. The van der Waals surface area contributed by atoms with Crippen LogP contribution in [0.2, 0.25) is 0 Å². The minimum atomic E-state index is -0.271. The molecule has 0 aliphatic carbocycles. The van der Waals surface area contributed by atoms with Crippen molar-refractivity contribution in [3.05, 3.63) is 44.3 Å². The molecule has 1 aromatic heterocycles. The van der Waals surface area contributed by atoms with Crippen molar-refractivity contribution in [3.63, 3.8) is 0 Å². The number of methoxy groups -OCH3 is 1. The first-order valence-electron chi connectivity index (χ1n) is 5.93. The number of aromatic hydroxyl groups is 1. The van der Waals surface area contributed by atoms with Crippen molar-refractivity contribution < 1.29 is 9.84 Å². The Morgan fingerprint density at radius 1 is 1.48 bits per heavy atom. The van der Waals surface area contributed by atoms with E-state index < -0.39 is 0 Å². The van der Waals surface area contributed by atoms with Crippen LogP contribution in [-0.2, 0) is 0 Å². The van der Waals surface area contributed by atoms with Gasteiger partial charge in [0, 0.05) is 21.8 Å². The summed E-state index contributed by atoms with van der Waals surface area (Å²) in [5, 5.41) is 13.9. The Labute approximate surface area is 128 Å². The number of hydrogen-bond donors (Lipinski definition) is 3. The Bertz CT molecular complexity index is 743. The Balaban J connectivity index is 2.22. The fourth-order valence-electron chi connectivity index (χ4n) is 1.64. The number of phenols is 1. The van der Waals surface area contributed by atoms with E-state index in [2.05, 4.69) is 36.4 Å². The van der Waals surface area contributed by atoms with Gasteiger partial charge in [0.25, 0.3) is 5.56 Å². The van der Waals surface area contributed by atoms with Gasteiger partial charge in [-0.15, -0.1) is 0 Å². The summed E-state index contributed by atoms with van der Waals surface area (Å²) in [6.07, 6.45) is 1.39. The molecule has 7 nitrogen and oxygen atoms in total. The summed E-state index contributed by atoms with van der Waals surface area (Å²) < 4.78 is 5.78. The molecule has 1 heterocycles. The van der Waals surface area contributed by atoms with E-state index in [1.165, 1.54) is 19.4 Å². The van der Waals surface area contributed by atoms with Gasteiger partial charge in [0.2, 0.25) is 5.95 Å². The van der Waals surface area contributed by atoms with Crippen LogP contribution in [0.5, 0.6) is 11.5 Å². The molecule has 0 unspecified atom stereocenters. The van der Waals surface area contributed by atoms with E-state index in [4.69, 9.17) is 4.74 Å². The SMILES string of the molecule is COc1cc(Br)cc(C=NNc2nc(C)cc(=O)[nH]2)c1O. The molecule has 0 spiro atoms. The van der Waals surface area contributed by atoms with Gasteiger partial charge in [-0.2, -0.15) is 5.10 Å². The molecule has 0 saturated heterocycles. The molecule has 110 valence electrons. The highest BCUT2D eigenvalue weighted by molar-refractivity contribution is 9.10. The highest BCUT2D eigenvalue weighted by atomic mass is 79.9. The van der Waals surface area contributed by atoms with Crippen LogP contribution in [0.15, 0.2) is 32.6 Å². The zero-order valence-corrected chi connectivity index (χ0v) is 12.9. The van der Waals surface area contributed by atoms with Crippen LogP contribution >= 0.6 is 15.9 Å². The molecule has 0 amide bonds. The number of rotatable bonds is 4. The number of phenolic OH excluding ortho intramolecular Hbond substituents is 1. The Kier molecular flexibility index (Phi) is 4.59. The van der Waals surface area contributed by atoms with Gasteiger partial charge in [0.15, 0.2) is 11.5 Å². The topological polar surface area (TPSA) is 99.6 Å². The summed E-state index contributed by atoms with van der Waals surface area (Å²) >= 11 is 3.31. The van der Waals surface area contributed by atoms with Gasteiger partial charge < -0.3 is 9.84 Å². The molecule has 2 aromatic rings. The normalized spacial score (nSPS) is 10.8. The van der Waals surface area contributed by atoms with Crippen molar-refractivity contribution in [2.45, 2.75) is 6.92 Å². The molecule has 0 saturated carbocycles. The van der Waals surface area contributed by atoms with Crippen LogP contribution in [-0.4, -0.2) is 28.4 Å². The van der Waals surface area contributed by atoms with E-state index in [-0.39, 0.29) is 17.3 Å². The Hall–Kier alpha value is -2.35. The lowest BCUT2D eigenvalue weighted by molar-refractivity contribution is 0.373.